The van der Waals surface area contributed by atoms with Crippen LogP contribution >= 0.6 is 0 Å². The Morgan fingerprint density at radius 1 is 0.968 bits per heavy atom. The number of rotatable bonds is 4. The van der Waals surface area contributed by atoms with Crippen LogP contribution in [-0.2, 0) is 19.4 Å². The summed E-state index contributed by atoms with van der Waals surface area (Å²) in [6, 6.07) is 16.6. The van der Waals surface area contributed by atoms with Gasteiger partial charge in [-0.25, -0.2) is 4.98 Å². The summed E-state index contributed by atoms with van der Waals surface area (Å²) in [5, 5.41) is 0. The fraction of sp³-hybridized carbons (Fsp3) is 0.360. The first-order chi connectivity index (χ1) is 15.2. The van der Waals surface area contributed by atoms with Crippen molar-refractivity contribution in [1.29, 1.82) is 0 Å². The van der Waals surface area contributed by atoms with Crippen LogP contribution in [0.1, 0.15) is 23.1 Å². The summed E-state index contributed by atoms with van der Waals surface area (Å²) in [5.41, 5.74) is 12.0. The normalized spacial score (nSPS) is 16.4. The van der Waals surface area contributed by atoms with Gasteiger partial charge in [-0.15, -0.1) is 0 Å². The average Bonchev–Trinajstić information content (AvgIpc) is 2.97. The molecule has 0 bridgehead atoms. The molecule has 1 aliphatic heterocycles. The van der Waals surface area contributed by atoms with Gasteiger partial charge in [-0.3, -0.25) is 0 Å². The molecular weight excluding hydrogens is 386 g/mol. The Hall–Kier alpha value is -3.12. The number of aryl methyl sites for hydroxylation is 1. The number of ether oxygens (including phenoxy) is 1. The van der Waals surface area contributed by atoms with E-state index in [2.05, 4.69) is 47.2 Å². The molecule has 5 rings (SSSR count). The maximum atomic E-state index is 6.21. The van der Waals surface area contributed by atoms with Crippen LogP contribution in [0.4, 0.5) is 11.8 Å². The van der Waals surface area contributed by atoms with Gasteiger partial charge in [0, 0.05) is 37.3 Å². The maximum Gasteiger partial charge on any atom is 0.222 e. The number of hydrogen-bond acceptors (Lipinski definition) is 6. The molecule has 6 heteroatoms. The zero-order valence-corrected chi connectivity index (χ0v) is 18.1. The molecule has 0 unspecified atom stereocenters. The van der Waals surface area contributed by atoms with Crippen molar-refractivity contribution in [3.05, 3.63) is 65.2 Å². The number of nitrogens with two attached hydrogens (primary N) is 1. The molecule has 160 valence electrons. The molecule has 0 spiro atoms. The van der Waals surface area contributed by atoms with Crippen molar-refractivity contribution < 1.29 is 4.74 Å². The summed E-state index contributed by atoms with van der Waals surface area (Å²) in [7, 11) is 2.17. The van der Waals surface area contributed by atoms with Gasteiger partial charge in [0.25, 0.3) is 0 Å². The van der Waals surface area contributed by atoms with E-state index in [1.807, 2.05) is 18.2 Å². The number of nitrogens with zero attached hydrogens (tertiary/aromatic N) is 4. The predicted molar refractivity (Wildman–Crippen MR) is 124 cm³/mol. The Morgan fingerprint density at radius 3 is 2.58 bits per heavy atom. The molecular formula is C25H29N5O. The fourth-order valence-electron chi connectivity index (χ4n) is 4.50. The lowest BCUT2D eigenvalue weighted by Crippen LogP contribution is -2.45. The van der Waals surface area contributed by atoms with Crippen molar-refractivity contribution in [3.63, 3.8) is 0 Å². The second-order valence-corrected chi connectivity index (χ2v) is 8.47. The number of nitrogen functional groups attached to an aromatic ring is 1. The third-order valence-electron chi connectivity index (χ3n) is 6.26. The van der Waals surface area contributed by atoms with E-state index >= 15 is 0 Å². The zero-order chi connectivity index (χ0) is 21.2. The van der Waals surface area contributed by atoms with E-state index in [0.717, 1.165) is 73.8 Å². The number of aromatic nitrogens is 2. The summed E-state index contributed by atoms with van der Waals surface area (Å²) in [5.74, 6) is 2.21. The summed E-state index contributed by atoms with van der Waals surface area (Å²) in [6.45, 7) is 4.55. The van der Waals surface area contributed by atoms with Crippen LogP contribution in [0.15, 0.2) is 48.5 Å². The Bertz CT molecular complexity index is 1060. The molecule has 2 N–H and O–H groups in total. The van der Waals surface area contributed by atoms with Crippen LogP contribution in [0, 0.1) is 0 Å². The van der Waals surface area contributed by atoms with Gasteiger partial charge >= 0.3 is 0 Å². The molecule has 0 amide bonds. The van der Waals surface area contributed by atoms with Crippen molar-refractivity contribution in [3.8, 4) is 17.0 Å². The highest BCUT2D eigenvalue weighted by molar-refractivity contribution is 5.75. The van der Waals surface area contributed by atoms with Gasteiger partial charge in [-0.2, -0.15) is 4.98 Å². The largest absolute Gasteiger partial charge is 0.489 e. The number of fused-ring (bicyclic) bond motifs is 3. The van der Waals surface area contributed by atoms with Crippen LogP contribution in [-0.4, -0.2) is 48.1 Å². The van der Waals surface area contributed by atoms with E-state index < -0.39 is 0 Å². The Balaban J connectivity index is 1.50. The Labute approximate surface area is 183 Å². The van der Waals surface area contributed by atoms with Gasteiger partial charge in [-0.05, 0) is 49.6 Å². The molecule has 1 aromatic heterocycles. The molecule has 2 heterocycles. The average molecular weight is 416 g/mol. The second kappa shape index (κ2) is 8.55. The lowest BCUT2D eigenvalue weighted by molar-refractivity contribution is 0.306. The highest BCUT2D eigenvalue weighted by atomic mass is 16.5. The molecule has 6 nitrogen and oxygen atoms in total. The zero-order valence-electron chi connectivity index (χ0n) is 18.1. The minimum atomic E-state index is 0.344. The van der Waals surface area contributed by atoms with Crippen LogP contribution in [0.3, 0.4) is 0 Å². The van der Waals surface area contributed by atoms with E-state index in [9.17, 15) is 0 Å². The van der Waals surface area contributed by atoms with Crippen molar-refractivity contribution in [1.82, 2.24) is 14.9 Å². The topological polar surface area (TPSA) is 67.5 Å². The van der Waals surface area contributed by atoms with Gasteiger partial charge < -0.3 is 20.3 Å². The van der Waals surface area contributed by atoms with Gasteiger partial charge in [-0.1, -0.05) is 36.4 Å². The van der Waals surface area contributed by atoms with Crippen LogP contribution < -0.4 is 15.4 Å². The number of piperazine rings is 1. The lowest BCUT2D eigenvalue weighted by Gasteiger charge is -2.34. The smallest absolute Gasteiger partial charge is 0.222 e. The summed E-state index contributed by atoms with van der Waals surface area (Å²) < 4.78 is 6.11. The molecule has 31 heavy (non-hydrogen) atoms. The molecule has 0 atom stereocenters. The fourth-order valence-corrected chi connectivity index (χ4v) is 4.50. The summed E-state index contributed by atoms with van der Waals surface area (Å²) in [6.07, 6.45) is 3.07. The van der Waals surface area contributed by atoms with Crippen molar-refractivity contribution >= 4 is 11.8 Å². The monoisotopic (exact) mass is 415 g/mol. The minimum Gasteiger partial charge on any atom is -0.489 e. The minimum absolute atomic E-state index is 0.344. The predicted octanol–water partition coefficient (Wildman–Crippen LogP) is 3.55. The first-order valence-corrected chi connectivity index (χ1v) is 11.1. The third-order valence-corrected chi connectivity index (χ3v) is 6.26. The summed E-state index contributed by atoms with van der Waals surface area (Å²) >= 11 is 0. The Kier molecular flexibility index (Phi) is 5.47. The molecule has 3 aromatic rings. The molecule has 2 aromatic carbocycles. The molecule has 0 radical (unpaired) electrons. The van der Waals surface area contributed by atoms with E-state index in [0.29, 0.717) is 12.6 Å². The summed E-state index contributed by atoms with van der Waals surface area (Å²) in [4.78, 5) is 14.1. The first kappa shape index (κ1) is 19.8. The molecule has 2 aliphatic rings. The van der Waals surface area contributed by atoms with Gasteiger partial charge in [0.2, 0.25) is 5.95 Å². The highest BCUT2D eigenvalue weighted by Gasteiger charge is 2.25. The highest BCUT2D eigenvalue weighted by Crippen LogP contribution is 2.38. The number of anilines is 2. The van der Waals surface area contributed by atoms with E-state index in [4.69, 9.17) is 20.4 Å². The van der Waals surface area contributed by atoms with Crippen molar-refractivity contribution in [2.24, 2.45) is 0 Å². The van der Waals surface area contributed by atoms with E-state index in [-0.39, 0.29) is 0 Å². The van der Waals surface area contributed by atoms with E-state index in [1.54, 1.807) is 0 Å². The molecule has 1 saturated heterocycles. The van der Waals surface area contributed by atoms with Gasteiger partial charge in [0.1, 0.15) is 18.2 Å². The van der Waals surface area contributed by atoms with Crippen molar-refractivity contribution in [2.75, 3.05) is 43.9 Å². The molecule has 1 aliphatic carbocycles. The second-order valence-electron chi connectivity index (χ2n) is 8.47. The molecule has 1 fully saturated rings. The SMILES string of the molecule is CN1CCN(c2nc(N)nc3c2CCCc2ccc(OCc4ccccc4)cc2-3)CC1. The third kappa shape index (κ3) is 4.21. The lowest BCUT2D eigenvalue weighted by atomic mass is 10.0. The standard InChI is InChI=1S/C25H29N5O/c1-29-12-14-30(15-13-29)24-21-9-5-8-19-10-11-20(31-17-18-6-3-2-4-7-18)16-22(19)23(21)27-25(26)28-24/h2-4,6-7,10-11,16H,5,8-9,12-15,17H2,1H3,(H2,26,27,28). The van der Waals surface area contributed by atoms with E-state index in [1.165, 1.54) is 11.1 Å². The quantitative estimate of drug-likeness (QED) is 0.703. The number of benzene rings is 2. The van der Waals surface area contributed by atoms with Crippen LogP contribution in [0.5, 0.6) is 5.75 Å². The maximum absolute atomic E-state index is 6.21. The van der Waals surface area contributed by atoms with Crippen LogP contribution in [0.25, 0.3) is 11.3 Å². The van der Waals surface area contributed by atoms with Crippen LogP contribution in [0.2, 0.25) is 0 Å². The number of likely N-dealkylation sites (N-methyl/N-ethyl adjacent to an activating group) is 1. The first-order valence-electron chi connectivity index (χ1n) is 11.1. The van der Waals surface area contributed by atoms with Crippen molar-refractivity contribution in [2.45, 2.75) is 25.9 Å². The van der Waals surface area contributed by atoms with Gasteiger partial charge in [0.15, 0.2) is 0 Å². The Morgan fingerprint density at radius 2 is 1.77 bits per heavy atom. The molecule has 0 saturated carbocycles. The number of hydrogen-bond donors (Lipinski definition) is 1. The van der Waals surface area contributed by atoms with Gasteiger partial charge in [0.05, 0.1) is 5.69 Å².